The Morgan fingerprint density at radius 1 is 1.20 bits per heavy atom. The van der Waals surface area contributed by atoms with Gasteiger partial charge in [0.2, 0.25) is 5.91 Å². The summed E-state index contributed by atoms with van der Waals surface area (Å²) in [6.45, 7) is -0.277. The van der Waals surface area contributed by atoms with Crippen LogP contribution in [0.15, 0.2) is 29.2 Å². The van der Waals surface area contributed by atoms with Gasteiger partial charge in [0.15, 0.2) is 0 Å². The third-order valence-electron chi connectivity index (χ3n) is 5.27. The number of sulfonamides is 1. The van der Waals surface area contributed by atoms with Gasteiger partial charge in [-0.15, -0.1) is 11.3 Å². The fraction of sp³-hybridized carbons (Fsp3) is 0.350. The molecule has 4 rings (SSSR count). The molecule has 0 unspecified atom stereocenters. The molecule has 30 heavy (non-hydrogen) atoms. The van der Waals surface area contributed by atoms with Crippen molar-refractivity contribution in [3.05, 3.63) is 45.8 Å². The molecule has 1 aliphatic carbocycles. The molecule has 2 aliphatic rings. The average Bonchev–Trinajstić information content (AvgIpc) is 3.19. The number of carbonyl (C=O) groups excluding carboxylic acids is 3. The highest BCUT2D eigenvalue weighted by Gasteiger charge is 2.40. The minimum Gasteiger partial charge on any atom is -0.465 e. The van der Waals surface area contributed by atoms with Crippen molar-refractivity contribution < 1.29 is 27.5 Å². The van der Waals surface area contributed by atoms with Crippen LogP contribution >= 0.6 is 11.3 Å². The third kappa shape index (κ3) is 3.39. The van der Waals surface area contributed by atoms with Gasteiger partial charge in [-0.2, -0.15) is 0 Å². The second-order valence-corrected chi connectivity index (χ2v) is 10.0. The van der Waals surface area contributed by atoms with E-state index in [9.17, 15) is 22.8 Å². The van der Waals surface area contributed by atoms with Crippen LogP contribution in [0, 0.1) is 0 Å². The molecule has 0 fully saturated rings. The quantitative estimate of drug-likeness (QED) is 0.704. The zero-order valence-electron chi connectivity index (χ0n) is 16.3. The number of ether oxygens (including phenoxy) is 1. The predicted octanol–water partition coefficient (Wildman–Crippen LogP) is 2.59. The number of methoxy groups -OCH3 is 1. The largest absolute Gasteiger partial charge is 0.465 e. The summed E-state index contributed by atoms with van der Waals surface area (Å²) >= 11 is 1.35. The molecule has 0 atom stereocenters. The Hall–Kier alpha value is -2.72. The van der Waals surface area contributed by atoms with Crippen LogP contribution in [0.4, 0.5) is 5.00 Å². The van der Waals surface area contributed by atoms with Gasteiger partial charge < -0.3 is 10.1 Å². The number of amides is 2. The first-order chi connectivity index (χ1) is 14.3. The van der Waals surface area contributed by atoms with E-state index in [1.807, 2.05) is 0 Å². The van der Waals surface area contributed by atoms with Crippen LogP contribution in [0.1, 0.15) is 50.4 Å². The number of hydrogen-bond acceptors (Lipinski definition) is 7. The molecule has 0 radical (unpaired) electrons. The van der Waals surface area contributed by atoms with Crippen LogP contribution < -0.4 is 5.32 Å². The Kier molecular flexibility index (Phi) is 5.37. The molecule has 1 aromatic heterocycles. The van der Waals surface area contributed by atoms with E-state index in [4.69, 9.17) is 4.74 Å². The molecule has 2 aromatic rings. The third-order valence-corrected chi connectivity index (χ3v) is 8.32. The normalized spacial score (nSPS) is 16.7. The monoisotopic (exact) mass is 448 g/mol. The van der Waals surface area contributed by atoms with Crippen molar-refractivity contribution in [2.45, 2.75) is 37.0 Å². The Morgan fingerprint density at radius 3 is 2.67 bits per heavy atom. The highest BCUT2D eigenvalue weighted by atomic mass is 32.2. The van der Waals surface area contributed by atoms with Gasteiger partial charge in [-0.3, -0.25) is 9.59 Å². The zero-order chi connectivity index (χ0) is 21.5. The lowest BCUT2D eigenvalue weighted by Crippen LogP contribution is -2.33. The summed E-state index contributed by atoms with van der Waals surface area (Å²) in [4.78, 5) is 38.3. The minimum atomic E-state index is -3.96. The number of rotatable bonds is 5. The number of anilines is 1. The molecule has 0 bridgehead atoms. The number of nitrogens with zero attached hydrogens (tertiary/aromatic N) is 1. The van der Waals surface area contributed by atoms with Crippen LogP contribution in [0.3, 0.4) is 0 Å². The smallest absolute Gasteiger partial charge is 0.341 e. The van der Waals surface area contributed by atoms with E-state index in [0.717, 1.165) is 40.4 Å². The van der Waals surface area contributed by atoms with E-state index in [1.54, 1.807) is 12.1 Å². The van der Waals surface area contributed by atoms with E-state index in [-0.39, 0.29) is 23.4 Å². The Labute approximate surface area is 177 Å². The maximum absolute atomic E-state index is 12.6. The van der Waals surface area contributed by atoms with Crippen molar-refractivity contribution in [2.24, 2.45) is 0 Å². The lowest BCUT2D eigenvalue weighted by atomic mass is 9.95. The van der Waals surface area contributed by atoms with Crippen molar-refractivity contribution >= 4 is 44.1 Å². The van der Waals surface area contributed by atoms with Crippen molar-refractivity contribution in [1.82, 2.24) is 4.31 Å². The topological polar surface area (TPSA) is 110 Å². The Balaban J connectivity index is 1.50. The number of hydrogen-bond donors (Lipinski definition) is 1. The standard InChI is InChI=1S/C20H20N2O6S2/c1-28-20(25)17-12-6-2-4-8-14(12)29-18(17)21-16(23)10-11-22-19(24)13-7-3-5-9-15(13)30(22,26)27/h3,5,7,9H,2,4,6,8,10-11H2,1H3,(H,21,23). The second kappa shape index (κ2) is 7.84. The number of nitrogens with one attached hydrogen (secondary N) is 1. The molecule has 158 valence electrons. The van der Waals surface area contributed by atoms with Gasteiger partial charge in [-0.05, 0) is 43.4 Å². The second-order valence-electron chi connectivity index (χ2n) is 7.08. The molecule has 10 heteroatoms. The van der Waals surface area contributed by atoms with E-state index in [2.05, 4.69) is 5.32 Å². The molecule has 8 nitrogen and oxygen atoms in total. The van der Waals surface area contributed by atoms with E-state index in [0.29, 0.717) is 10.6 Å². The molecule has 2 heterocycles. The van der Waals surface area contributed by atoms with Crippen LogP contribution in [0.25, 0.3) is 0 Å². The lowest BCUT2D eigenvalue weighted by molar-refractivity contribution is -0.116. The molecule has 1 aliphatic heterocycles. The van der Waals surface area contributed by atoms with Gasteiger partial charge in [0.05, 0.1) is 18.2 Å². The van der Waals surface area contributed by atoms with Crippen molar-refractivity contribution in [1.29, 1.82) is 0 Å². The van der Waals surface area contributed by atoms with Crippen LogP contribution in [0.2, 0.25) is 0 Å². The van der Waals surface area contributed by atoms with Gasteiger partial charge in [0.25, 0.3) is 15.9 Å². The van der Waals surface area contributed by atoms with Crippen LogP contribution in [-0.4, -0.2) is 44.2 Å². The fourth-order valence-electron chi connectivity index (χ4n) is 3.82. The minimum absolute atomic E-state index is 0.0469. The summed E-state index contributed by atoms with van der Waals surface area (Å²) in [5.41, 5.74) is 1.40. The number of fused-ring (bicyclic) bond motifs is 2. The SMILES string of the molecule is COC(=O)c1c(NC(=O)CCN2C(=O)c3ccccc3S2(=O)=O)sc2c1CCCC2. The summed E-state index contributed by atoms with van der Waals surface area (Å²) in [6, 6.07) is 5.97. The number of carbonyl (C=O) groups is 3. The Morgan fingerprint density at radius 2 is 1.93 bits per heavy atom. The molecular weight excluding hydrogens is 428 g/mol. The maximum atomic E-state index is 12.6. The lowest BCUT2D eigenvalue weighted by Gasteiger charge is -2.15. The summed E-state index contributed by atoms with van der Waals surface area (Å²) in [5, 5.41) is 3.13. The van der Waals surface area contributed by atoms with Gasteiger partial charge in [-0.1, -0.05) is 12.1 Å². The molecular formula is C20H20N2O6S2. The summed E-state index contributed by atoms with van der Waals surface area (Å²) < 4.78 is 30.8. The zero-order valence-corrected chi connectivity index (χ0v) is 17.9. The molecule has 2 amide bonds. The summed E-state index contributed by atoms with van der Waals surface area (Å²) in [6.07, 6.45) is 3.37. The van der Waals surface area contributed by atoms with Gasteiger partial charge in [0.1, 0.15) is 9.90 Å². The number of esters is 1. The van der Waals surface area contributed by atoms with E-state index in [1.165, 1.54) is 30.6 Å². The highest BCUT2D eigenvalue weighted by molar-refractivity contribution is 7.90. The van der Waals surface area contributed by atoms with Gasteiger partial charge >= 0.3 is 5.97 Å². The van der Waals surface area contributed by atoms with Gasteiger partial charge in [0, 0.05) is 17.8 Å². The molecule has 1 N–H and O–H groups in total. The number of benzene rings is 1. The first-order valence-corrected chi connectivity index (χ1v) is 11.8. The fourth-order valence-corrected chi connectivity index (χ4v) is 6.68. The van der Waals surface area contributed by atoms with E-state index >= 15 is 0 Å². The van der Waals surface area contributed by atoms with Gasteiger partial charge in [-0.25, -0.2) is 17.5 Å². The predicted molar refractivity (Wildman–Crippen MR) is 110 cm³/mol. The maximum Gasteiger partial charge on any atom is 0.341 e. The van der Waals surface area contributed by atoms with Crippen LogP contribution in [0.5, 0.6) is 0 Å². The number of thiophene rings is 1. The Bertz CT molecular complexity index is 1150. The molecule has 1 aromatic carbocycles. The van der Waals surface area contributed by atoms with Crippen molar-refractivity contribution in [3.8, 4) is 0 Å². The first-order valence-electron chi connectivity index (χ1n) is 9.53. The summed E-state index contributed by atoms with van der Waals surface area (Å²) in [5.74, 6) is -1.62. The highest BCUT2D eigenvalue weighted by Crippen LogP contribution is 2.38. The van der Waals surface area contributed by atoms with E-state index < -0.39 is 27.8 Å². The van der Waals surface area contributed by atoms with Crippen molar-refractivity contribution in [3.63, 3.8) is 0 Å². The van der Waals surface area contributed by atoms with Crippen LogP contribution in [-0.2, 0) is 32.4 Å². The molecule has 0 saturated carbocycles. The first kappa shape index (κ1) is 20.5. The number of aryl methyl sites for hydroxylation is 1. The van der Waals surface area contributed by atoms with Crippen molar-refractivity contribution in [2.75, 3.05) is 19.0 Å². The molecule has 0 spiro atoms. The average molecular weight is 449 g/mol. The summed E-state index contributed by atoms with van der Waals surface area (Å²) in [7, 11) is -2.67. The molecule has 0 saturated heterocycles.